The fourth-order valence-electron chi connectivity index (χ4n) is 2.73. The van der Waals surface area contributed by atoms with E-state index in [0.29, 0.717) is 5.54 Å². The highest BCUT2D eigenvalue weighted by atomic mass is 15.0. The summed E-state index contributed by atoms with van der Waals surface area (Å²) in [7, 11) is 0. The van der Waals surface area contributed by atoms with Gasteiger partial charge in [0.1, 0.15) is 0 Å². The van der Waals surface area contributed by atoms with Gasteiger partial charge in [0.2, 0.25) is 0 Å². The molecular formula is C14H31N. The van der Waals surface area contributed by atoms with E-state index in [-0.39, 0.29) is 0 Å². The number of hydrogen-bond donors (Lipinski definition) is 1. The van der Waals surface area contributed by atoms with Crippen molar-refractivity contribution in [1.29, 1.82) is 0 Å². The molecule has 0 bridgehead atoms. The van der Waals surface area contributed by atoms with Crippen LogP contribution < -0.4 is 5.32 Å². The molecular weight excluding hydrogens is 182 g/mol. The first-order valence-corrected chi connectivity index (χ1v) is 6.64. The van der Waals surface area contributed by atoms with Crippen molar-refractivity contribution in [3.05, 3.63) is 0 Å². The third-order valence-corrected chi connectivity index (χ3v) is 3.80. The number of rotatable bonds is 7. The second kappa shape index (κ2) is 6.52. The van der Waals surface area contributed by atoms with Gasteiger partial charge in [-0.1, -0.05) is 48.5 Å². The molecule has 1 heteroatoms. The first-order chi connectivity index (χ1) is 6.89. The highest BCUT2D eigenvalue weighted by Gasteiger charge is 2.35. The Kier molecular flexibility index (Phi) is 6.51. The maximum atomic E-state index is 3.76. The van der Waals surface area contributed by atoms with Crippen molar-refractivity contribution in [3.63, 3.8) is 0 Å². The molecule has 0 radical (unpaired) electrons. The van der Waals surface area contributed by atoms with Gasteiger partial charge in [0.05, 0.1) is 0 Å². The van der Waals surface area contributed by atoms with E-state index in [4.69, 9.17) is 0 Å². The minimum absolute atomic E-state index is 0.344. The van der Waals surface area contributed by atoms with Gasteiger partial charge in [0, 0.05) is 5.54 Å². The molecule has 0 aliphatic carbocycles. The second-order valence-electron chi connectivity index (χ2n) is 5.67. The van der Waals surface area contributed by atoms with Crippen molar-refractivity contribution in [1.82, 2.24) is 5.32 Å². The van der Waals surface area contributed by atoms with Crippen molar-refractivity contribution in [2.24, 2.45) is 17.8 Å². The quantitative estimate of drug-likeness (QED) is 0.672. The average molecular weight is 213 g/mol. The first kappa shape index (κ1) is 15.0. The van der Waals surface area contributed by atoms with Crippen LogP contribution in [0.1, 0.15) is 61.3 Å². The zero-order valence-electron chi connectivity index (χ0n) is 11.9. The van der Waals surface area contributed by atoms with E-state index in [1.54, 1.807) is 0 Å². The highest BCUT2D eigenvalue weighted by Crippen LogP contribution is 2.33. The van der Waals surface area contributed by atoms with Crippen LogP contribution in [0.4, 0.5) is 0 Å². The molecule has 0 aromatic carbocycles. The van der Waals surface area contributed by atoms with Crippen LogP contribution in [0, 0.1) is 17.8 Å². The molecule has 15 heavy (non-hydrogen) atoms. The van der Waals surface area contributed by atoms with Gasteiger partial charge in [0.15, 0.2) is 0 Å². The summed E-state index contributed by atoms with van der Waals surface area (Å²) in [6, 6.07) is 0. The van der Waals surface area contributed by atoms with E-state index in [1.807, 2.05) is 0 Å². The summed E-state index contributed by atoms with van der Waals surface area (Å²) in [5, 5.41) is 3.76. The predicted molar refractivity (Wildman–Crippen MR) is 70.2 cm³/mol. The lowest BCUT2D eigenvalue weighted by Gasteiger charge is -2.43. The van der Waals surface area contributed by atoms with Gasteiger partial charge in [0.25, 0.3) is 0 Å². The molecule has 2 atom stereocenters. The largest absolute Gasteiger partial charge is 0.311 e. The fraction of sp³-hybridized carbons (Fsp3) is 1.00. The molecule has 0 saturated heterocycles. The van der Waals surface area contributed by atoms with Crippen LogP contribution in [0.2, 0.25) is 0 Å². The van der Waals surface area contributed by atoms with Gasteiger partial charge in [-0.3, -0.25) is 0 Å². The van der Waals surface area contributed by atoms with Gasteiger partial charge in [-0.2, -0.15) is 0 Å². The lowest BCUT2D eigenvalue weighted by molar-refractivity contribution is 0.140. The van der Waals surface area contributed by atoms with E-state index in [1.165, 1.54) is 12.8 Å². The van der Waals surface area contributed by atoms with Gasteiger partial charge in [-0.05, 0) is 37.1 Å². The Bertz CT molecular complexity index is 163. The molecule has 2 unspecified atom stereocenters. The number of nitrogens with one attached hydrogen (secondary N) is 1. The van der Waals surface area contributed by atoms with Gasteiger partial charge in [-0.15, -0.1) is 0 Å². The summed E-state index contributed by atoms with van der Waals surface area (Å²) >= 11 is 0. The molecule has 1 nitrogen and oxygen atoms in total. The lowest BCUT2D eigenvalue weighted by Crippen LogP contribution is -2.52. The summed E-state index contributed by atoms with van der Waals surface area (Å²) in [5.74, 6) is 2.26. The van der Waals surface area contributed by atoms with Gasteiger partial charge < -0.3 is 5.32 Å². The minimum Gasteiger partial charge on any atom is -0.311 e. The molecule has 0 heterocycles. The Labute approximate surface area is 97.0 Å². The third-order valence-electron chi connectivity index (χ3n) is 3.80. The third kappa shape index (κ3) is 4.14. The monoisotopic (exact) mass is 213 g/mol. The van der Waals surface area contributed by atoms with Crippen LogP contribution in [0.3, 0.4) is 0 Å². The maximum absolute atomic E-state index is 3.76. The Morgan fingerprint density at radius 1 is 1.00 bits per heavy atom. The Balaban J connectivity index is 4.78. The topological polar surface area (TPSA) is 12.0 Å². The van der Waals surface area contributed by atoms with Crippen molar-refractivity contribution in [2.75, 3.05) is 6.54 Å². The molecule has 0 saturated carbocycles. The van der Waals surface area contributed by atoms with Crippen LogP contribution in [-0.4, -0.2) is 12.1 Å². The van der Waals surface area contributed by atoms with Crippen molar-refractivity contribution in [2.45, 2.75) is 66.8 Å². The Morgan fingerprint density at radius 3 is 1.80 bits per heavy atom. The minimum atomic E-state index is 0.344. The summed E-state index contributed by atoms with van der Waals surface area (Å²) in [6.07, 6.45) is 2.52. The Morgan fingerprint density at radius 2 is 1.53 bits per heavy atom. The molecule has 0 aromatic heterocycles. The van der Waals surface area contributed by atoms with E-state index < -0.39 is 0 Å². The number of hydrogen-bond acceptors (Lipinski definition) is 1. The zero-order chi connectivity index (χ0) is 12.1. The molecule has 0 rings (SSSR count). The predicted octanol–water partition coefficient (Wildman–Crippen LogP) is 4.08. The van der Waals surface area contributed by atoms with Crippen LogP contribution in [-0.2, 0) is 0 Å². The van der Waals surface area contributed by atoms with Crippen LogP contribution in [0.5, 0.6) is 0 Å². The normalized spacial score (nSPS) is 18.2. The maximum Gasteiger partial charge on any atom is 0.0209 e. The summed E-state index contributed by atoms with van der Waals surface area (Å²) < 4.78 is 0. The van der Waals surface area contributed by atoms with E-state index in [0.717, 1.165) is 24.3 Å². The molecule has 0 amide bonds. The van der Waals surface area contributed by atoms with Crippen LogP contribution in [0.15, 0.2) is 0 Å². The zero-order valence-corrected chi connectivity index (χ0v) is 11.9. The first-order valence-electron chi connectivity index (χ1n) is 6.64. The van der Waals surface area contributed by atoms with Crippen LogP contribution in [0.25, 0.3) is 0 Å². The molecule has 0 fully saturated rings. The molecule has 0 aliphatic heterocycles. The average Bonchev–Trinajstić information content (AvgIpc) is 2.15. The summed E-state index contributed by atoms with van der Waals surface area (Å²) in [4.78, 5) is 0. The van der Waals surface area contributed by atoms with Crippen molar-refractivity contribution < 1.29 is 0 Å². The van der Waals surface area contributed by atoms with E-state index in [9.17, 15) is 0 Å². The molecule has 0 aliphatic rings. The lowest BCUT2D eigenvalue weighted by atomic mass is 9.72. The van der Waals surface area contributed by atoms with Gasteiger partial charge >= 0.3 is 0 Å². The second-order valence-corrected chi connectivity index (χ2v) is 5.67. The fourth-order valence-corrected chi connectivity index (χ4v) is 2.73. The van der Waals surface area contributed by atoms with Crippen LogP contribution >= 0.6 is 0 Å². The molecule has 92 valence electrons. The molecule has 0 aromatic rings. The summed E-state index contributed by atoms with van der Waals surface area (Å²) in [6.45, 7) is 17.4. The highest BCUT2D eigenvalue weighted by molar-refractivity contribution is 4.93. The SMILES string of the molecule is CCNC(CC)(CC(C)C)C(C)C(C)C. The molecule has 0 spiro atoms. The van der Waals surface area contributed by atoms with Crippen molar-refractivity contribution in [3.8, 4) is 0 Å². The smallest absolute Gasteiger partial charge is 0.0209 e. The molecule has 1 N–H and O–H groups in total. The van der Waals surface area contributed by atoms with Gasteiger partial charge in [-0.25, -0.2) is 0 Å². The standard InChI is InChI=1S/C14H31N/c1-8-14(15-9-2,10-11(3)4)13(7)12(5)6/h11-13,15H,8-10H2,1-7H3. The van der Waals surface area contributed by atoms with Crippen molar-refractivity contribution >= 4 is 0 Å². The Hall–Kier alpha value is -0.0400. The van der Waals surface area contributed by atoms with E-state index in [2.05, 4.69) is 53.8 Å². The van der Waals surface area contributed by atoms with E-state index >= 15 is 0 Å². The summed E-state index contributed by atoms with van der Waals surface area (Å²) in [5.41, 5.74) is 0.344.